The van der Waals surface area contributed by atoms with Crippen molar-refractivity contribution in [3.8, 4) is 0 Å². The fourth-order valence-electron chi connectivity index (χ4n) is 3.30. The second-order valence-corrected chi connectivity index (χ2v) is 6.30. The normalized spacial score (nSPS) is 24.8. The van der Waals surface area contributed by atoms with E-state index in [2.05, 4.69) is 5.32 Å². The predicted octanol–water partition coefficient (Wildman–Crippen LogP) is 1.56. The summed E-state index contributed by atoms with van der Waals surface area (Å²) in [5.41, 5.74) is 7.84. The van der Waals surface area contributed by atoms with E-state index in [1.54, 1.807) is 0 Å². The molecule has 3 N–H and O–H groups in total. The molecule has 2 atom stereocenters. The van der Waals surface area contributed by atoms with Crippen LogP contribution in [0.4, 0.5) is 5.69 Å². The molecule has 0 radical (unpaired) electrons. The van der Waals surface area contributed by atoms with Gasteiger partial charge < -0.3 is 16.0 Å². The molecule has 1 aliphatic heterocycles. The van der Waals surface area contributed by atoms with E-state index in [-0.39, 0.29) is 23.8 Å². The quantitative estimate of drug-likeness (QED) is 0.886. The summed E-state index contributed by atoms with van der Waals surface area (Å²) in [4.78, 5) is 25.6. The van der Waals surface area contributed by atoms with Gasteiger partial charge in [0.1, 0.15) is 0 Å². The molecule has 5 nitrogen and oxygen atoms in total. The fourth-order valence-corrected chi connectivity index (χ4v) is 3.30. The van der Waals surface area contributed by atoms with Crippen LogP contribution < -0.4 is 16.0 Å². The number of hydrogen-bond donors (Lipinski definition) is 2. The number of benzene rings is 1. The molecule has 1 heterocycles. The zero-order valence-corrected chi connectivity index (χ0v) is 12.8. The van der Waals surface area contributed by atoms with Crippen LogP contribution in [-0.2, 0) is 16.1 Å². The number of rotatable bonds is 4. The highest BCUT2D eigenvalue weighted by Crippen LogP contribution is 2.24. The molecule has 118 valence electrons. The number of nitrogens with two attached hydrogens (primary N) is 1. The average molecular weight is 301 g/mol. The molecule has 3 rings (SSSR count). The van der Waals surface area contributed by atoms with Crippen LogP contribution in [0.2, 0.25) is 0 Å². The van der Waals surface area contributed by atoms with Gasteiger partial charge in [-0.3, -0.25) is 9.59 Å². The van der Waals surface area contributed by atoms with Crippen molar-refractivity contribution in [2.45, 2.75) is 44.7 Å². The molecular formula is C17H23N3O2. The largest absolute Gasteiger partial charge is 0.352 e. The lowest BCUT2D eigenvalue weighted by atomic mass is 10.1. The van der Waals surface area contributed by atoms with E-state index in [0.29, 0.717) is 13.0 Å². The van der Waals surface area contributed by atoms with E-state index in [1.165, 1.54) is 0 Å². The van der Waals surface area contributed by atoms with Gasteiger partial charge in [-0.15, -0.1) is 0 Å². The Kier molecular flexibility index (Phi) is 4.43. The Bertz CT molecular complexity index is 556. The van der Waals surface area contributed by atoms with Crippen molar-refractivity contribution in [2.75, 3.05) is 11.4 Å². The number of carbonyl (C=O) groups excluding carboxylic acids is 2. The van der Waals surface area contributed by atoms with Gasteiger partial charge in [0.15, 0.2) is 0 Å². The van der Waals surface area contributed by atoms with Crippen molar-refractivity contribution >= 4 is 17.5 Å². The molecule has 1 aromatic carbocycles. The topological polar surface area (TPSA) is 75.4 Å². The first-order valence-corrected chi connectivity index (χ1v) is 8.06. The molecule has 0 spiro atoms. The van der Waals surface area contributed by atoms with Crippen LogP contribution in [0.5, 0.6) is 0 Å². The van der Waals surface area contributed by atoms with Gasteiger partial charge >= 0.3 is 0 Å². The van der Waals surface area contributed by atoms with Crippen LogP contribution in [0.1, 0.15) is 37.7 Å². The maximum atomic E-state index is 12.1. The maximum Gasteiger partial charge on any atom is 0.227 e. The minimum atomic E-state index is 0.0662. The van der Waals surface area contributed by atoms with Gasteiger partial charge in [-0.05, 0) is 43.4 Å². The van der Waals surface area contributed by atoms with Crippen LogP contribution in [0.3, 0.4) is 0 Å². The van der Waals surface area contributed by atoms with Crippen molar-refractivity contribution in [3.63, 3.8) is 0 Å². The standard InChI is InChI=1S/C17H23N3O2/c18-14-6-5-13(10-14)17(22)19-11-12-3-7-15(8-4-12)20-9-1-2-16(20)21/h3-4,7-8,13-14H,1-2,5-6,9-11,18H2,(H,19,22). The Hall–Kier alpha value is -1.88. The number of nitrogens with zero attached hydrogens (tertiary/aromatic N) is 1. The summed E-state index contributed by atoms with van der Waals surface area (Å²) in [6.07, 6.45) is 4.20. The first-order valence-electron chi connectivity index (χ1n) is 8.06. The molecule has 1 saturated heterocycles. The monoisotopic (exact) mass is 301 g/mol. The number of carbonyl (C=O) groups is 2. The van der Waals surface area contributed by atoms with Gasteiger partial charge in [-0.1, -0.05) is 12.1 Å². The minimum absolute atomic E-state index is 0.0662. The summed E-state index contributed by atoms with van der Waals surface area (Å²) in [5, 5.41) is 2.98. The molecule has 22 heavy (non-hydrogen) atoms. The lowest BCUT2D eigenvalue weighted by molar-refractivity contribution is -0.125. The third kappa shape index (κ3) is 3.30. The predicted molar refractivity (Wildman–Crippen MR) is 85.2 cm³/mol. The molecule has 1 aliphatic carbocycles. The number of amides is 2. The second kappa shape index (κ2) is 6.48. The van der Waals surface area contributed by atoms with Gasteiger partial charge in [-0.25, -0.2) is 0 Å². The third-order valence-electron chi connectivity index (χ3n) is 4.63. The van der Waals surface area contributed by atoms with Crippen LogP contribution in [-0.4, -0.2) is 24.4 Å². The van der Waals surface area contributed by atoms with Crippen molar-refractivity contribution in [3.05, 3.63) is 29.8 Å². The smallest absolute Gasteiger partial charge is 0.227 e. The Morgan fingerprint density at radius 1 is 1.27 bits per heavy atom. The van der Waals surface area contributed by atoms with Crippen LogP contribution in [0.25, 0.3) is 0 Å². The van der Waals surface area contributed by atoms with Crippen LogP contribution in [0, 0.1) is 5.92 Å². The highest BCUT2D eigenvalue weighted by atomic mass is 16.2. The Morgan fingerprint density at radius 2 is 2.05 bits per heavy atom. The highest BCUT2D eigenvalue weighted by Gasteiger charge is 2.27. The zero-order valence-electron chi connectivity index (χ0n) is 12.8. The molecule has 2 amide bonds. The first-order chi connectivity index (χ1) is 10.6. The molecule has 2 aliphatic rings. The van der Waals surface area contributed by atoms with E-state index in [9.17, 15) is 9.59 Å². The summed E-state index contributed by atoms with van der Waals surface area (Å²) >= 11 is 0. The summed E-state index contributed by atoms with van der Waals surface area (Å²) < 4.78 is 0. The van der Waals surface area contributed by atoms with Gasteiger partial charge in [0.25, 0.3) is 0 Å². The van der Waals surface area contributed by atoms with Gasteiger partial charge in [-0.2, -0.15) is 0 Å². The summed E-state index contributed by atoms with van der Waals surface area (Å²) in [6.45, 7) is 1.33. The first kappa shape index (κ1) is 15.0. The van der Waals surface area contributed by atoms with Crippen molar-refractivity contribution < 1.29 is 9.59 Å². The van der Waals surface area contributed by atoms with E-state index in [0.717, 1.165) is 43.5 Å². The molecule has 1 saturated carbocycles. The molecule has 5 heteroatoms. The number of nitrogens with one attached hydrogen (secondary N) is 1. The molecule has 0 aromatic heterocycles. The summed E-state index contributed by atoms with van der Waals surface area (Å²) in [6, 6.07) is 8.03. The second-order valence-electron chi connectivity index (χ2n) is 6.30. The SMILES string of the molecule is NC1CCC(C(=O)NCc2ccc(N3CCCC3=O)cc2)C1. The minimum Gasteiger partial charge on any atom is -0.352 e. The molecular weight excluding hydrogens is 278 g/mol. The van der Waals surface area contributed by atoms with E-state index < -0.39 is 0 Å². The van der Waals surface area contributed by atoms with E-state index >= 15 is 0 Å². The van der Waals surface area contributed by atoms with E-state index in [4.69, 9.17) is 5.73 Å². The van der Waals surface area contributed by atoms with Crippen molar-refractivity contribution in [1.82, 2.24) is 5.32 Å². The summed E-state index contributed by atoms with van der Waals surface area (Å²) in [7, 11) is 0. The lowest BCUT2D eigenvalue weighted by Crippen LogP contribution is -2.30. The number of hydrogen-bond acceptors (Lipinski definition) is 3. The Labute approximate surface area is 130 Å². The van der Waals surface area contributed by atoms with Crippen molar-refractivity contribution in [2.24, 2.45) is 11.7 Å². The van der Waals surface area contributed by atoms with E-state index in [1.807, 2.05) is 29.2 Å². The van der Waals surface area contributed by atoms with Gasteiger partial charge in [0.2, 0.25) is 11.8 Å². The summed E-state index contributed by atoms with van der Waals surface area (Å²) in [5.74, 6) is 0.363. The zero-order chi connectivity index (χ0) is 15.5. The van der Waals surface area contributed by atoms with Crippen molar-refractivity contribution in [1.29, 1.82) is 0 Å². The Balaban J connectivity index is 1.53. The highest BCUT2D eigenvalue weighted by molar-refractivity contribution is 5.95. The van der Waals surface area contributed by atoms with Crippen LogP contribution in [0.15, 0.2) is 24.3 Å². The molecule has 2 unspecified atom stereocenters. The van der Waals surface area contributed by atoms with Gasteiger partial charge in [0, 0.05) is 37.2 Å². The molecule has 2 fully saturated rings. The Morgan fingerprint density at radius 3 is 2.64 bits per heavy atom. The third-order valence-corrected chi connectivity index (χ3v) is 4.63. The molecule has 0 bridgehead atoms. The van der Waals surface area contributed by atoms with Gasteiger partial charge in [0.05, 0.1) is 0 Å². The average Bonchev–Trinajstić information content (AvgIpc) is 3.14. The fraction of sp³-hybridized carbons (Fsp3) is 0.529. The maximum absolute atomic E-state index is 12.1. The number of anilines is 1. The van der Waals surface area contributed by atoms with Crippen LogP contribution >= 0.6 is 0 Å². The molecule has 1 aromatic rings. The lowest BCUT2D eigenvalue weighted by Gasteiger charge is -2.16.